The number of hydrogen-bond acceptors (Lipinski definition) is 1. The summed E-state index contributed by atoms with van der Waals surface area (Å²) in [4.78, 5) is 0. The third-order valence-electron chi connectivity index (χ3n) is 2.13. The van der Waals surface area contributed by atoms with E-state index in [2.05, 4.69) is 19.1 Å². The highest BCUT2D eigenvalue weighted by Crippen LogP contribution is 2.15. The molecule has 0 aliphatic rings. The van der Waals surface area contributed by atoms with Crippen LogP contribution in [0.1, 0.15) is 25.8 Å². The topological polar surface area (TPSA) is 9.23 Å². The van der Waals surface area contributed by atoms with Crippen molar-refractivity contribution in [1.82, 2.24) is 0 Å². The lowest BCUT2D eigenvalue weighted by atomic mass is 10.1. The van der Waals surface area contributed by atoms with Crippen molar-refractivity contribution in [3.05, 3.63) is 29.8 Å². The predicted molar refractivity (Wildman–Crippen MR) is 61.2 cm³/mol. The van der Waals surface area contributed by atoms with E-state index >= 15 is 0 Å². The van der Waals surface area contributed by atoms with Crippen LogP contribution >= 0.6 is 11.6 Å². The lowest BCUT2D eigenvalue weighted by Crippen LogP contribution is -2.01. The molecular formula is C12H17ClO. The van der Waals surface area contributed by atoms with Gasteiger partial charge in [0, 0.05) is 5.38 Å². The van der Waals surface area contributed by atoms with E-state index in [0.29, 0.717) is 6.61 Å². The predicted octanol–water partition coefficient (Wildman–Crippen LogP) is 3.65. The molecule has 0 saturated carbocycles. The zero-order chi connectivity index (χ0) is 10.4. The molecule has 1 aromatic rings. The van der Waals surface area contributed by atoms with Crippen molar-refractivity contribution >= 4 is 11.6 Å². The fourth-order valence-electron chi connectivity index (χ4n) is 1.29. The Morgan fingerprint density at radius 2 is 1.86 bits per heavy atom. The molecule has 1 rings (SSSR count). The highest BCUT2D eigenvalue weighted by atomic mass is 35.5. The van der Waals surface area contributed by atoms with E-state index in [1.54, 1.807) is 0 Å². The van der Waals surface area contributed by atoms with Gasteiger partial charge in [0.25, 0.3) is 0 Å². The van der Waals surface area contributed by atoms with Gasteiger partial charge in [-0.15, -0.1) is 11.6 Å². The van der Waals surface area contributed by atoms with E-state index in [4.69, 9.17) is 16.3 Å². The van der Waals surface area contributed by atoms with Gasteiger partial charge in [0.05, 0.1) is 6.61 Å². The number of alkyl halides is 1. The molecule has 0 heterocycles. The minimum Gasteiger partial charge on any atom is -0.494 e. The first kappa shape index (κ1) is 11.4. The van der Waals surface area contributed by atoms with E-state index in [0.717, 1.165) is 18.6 Å². The van der Waals surface area contributed by atoms with Crippen LogP contribution in [0.3, 0.4) is 0 Å². The third-order valence-corrected chi connectivity index (χ3v) is 2.60. The van der Waals surface area contributed by atoms with Gasteiger partial charge in [-0.2, -0.15) is 0 Å². The van der Waals surface area contributed by atoms with Gasteiger partial charge in [-0.25, -0.2) is 0 Å². The normalized spacial score (nSPS) is 12.5. The molecule has 78 valence electrons. The van der Waals surface area contributed by atoms with Crippen molar-refractivity contribution < 1.29 is 4.74 Å². The molecule has 0 N–H and O–H groups in total. The Morgan fingerprint density at radius 1 is 1.21 bits per heavy atom. The van der Waals surface area contributed by atoms with Crippen molar-refractivity contribution in [2.75, 3.05) is 6.61 Å². The summed E-state index contributed by atoms with van der Waals surface area (Å²) < 4.78 is 5.36. The summed E-state index contributed by atoms with van der Waals surface area (Å²) in [5, 5.41) is 0.243. The van der Waals surface area contributed by atoms with Gasteiger partial charge in [-0.1, -0.05) is 19.1 Å². The summed E-state index contributed by atoms with van der Waals surface area (Å²) in [6.07, 6.45) is 1.94. The number of rotatable bonds is 5. The molecule has 0 saturated heterocycles. The van der Waals surface area contributed by atoms with Gasteiger partial charge in [-0.05, 0) is 37.5 Å². The molecule has 0 spiro atoms. The quantitative estimate of drug-likeness (QED) is 0.678. The van der Waals surface area contributed by atoms with Crippen molar-refractivity contribution in [3.8, 4) is 5.75 Å². The smallest absolute Gasteiger partial charge is 0.119 e. The van der Waals surface area contributed by atoms with Crippen LogP contribution < -0.4 is 4.74 Å². The van der Waals surface area contributed by atoms with Crippen LogP contribution in [0.4, 0.5) is 0 Å². The summed E-state index contributed by atoms with van der Waals surface area (Å²) in [6.45, 7) is 4.80. The van der Waals surface area contributed by atoms with Crippen molar-refractivity contribution in [3.63, 3.8) is 0 Å². The van der Waals surface area contributed by atoms with Gasteiger partial charge >= 0.3 is 0 Å². The molecule has 2 heteroatoms. The maximum Gasteiger partial charge on any atom is 0.119 e. The van der Waals surface area contributed by atoms with E-state index in [-0.39, 0.29) is 5.38 Å². The third kappa shape index (κ3) is 3.59. The first-order chi connectivity index (χ1) is 6.76. The molecule has 1 atom stereocenters. The van der Waals surface area contributed by atoms with Crippen molar-refractivity contribution in [1.29, 1.82) is 0 Å². The first-order valence-corrected chi connectivity index (χ1v) is 5.55. The second kappa shape index (κ2) is 5.92. The largest absolute Gasteiger partial charge is 0.494 e. The lowest BCUT2D eigenvalue weighted by molar-refractivity contribution is 0.340. The molecule has 0 aliphatic carbocycles. The molecule has 0 fully saturated rings. The van der Waals surface area contributed by atoms with Gasteiger partial charge in [0.15, 0.2) is 0 Å². The van der Waals surface area contributed by atoms with Crippen LogP contribution in [0, 0.1) is 0 Å². The van der Waals surface area contributed by atoms with E-state index < -0.39 is 0 Å². The zero-order valence-corrected chi connectivity index (χ0v) is 9.55. The van der Waals surface area contributed by atoms with Crippen LogP contribution in [0.25, 0.3) is 0 Å². The number of hydrogen-bond donors (Lipinski definition) is 0. The van der Waals surface area contributed by atoms with Gasteiger partial charge < -0.3 is 4.74 Å². The summed E-state index contributed by atoms with van der Waals surface area (Å²) >= 11 is 6.07. The Labute approximate surface area is 91.0 Å². The molecule has 1 aromatic carbocycles. The highest BCUT2D eigenvalue weighted by molar-refractivity contribution is 6.20. The van der Waals surface area contributed by atoms with Crippen LogP contribution in [-0.2, 0) is 6.42 Å². The summed E-state index contributed by atoms with van der Waals surface area (Å²) in [6, 6.07) is 8.16. The Kier molecular flexibility index (Phi) is 4.81. The molecular weight excluding hydrogens is 196 g/mol. The molecule has 14 heavy (non-hydrogen) atoms. The molecule has 1 unspecified atom stereocenters. The second-order valence-electron chi connectivity index (χ2n) is 3.29. The fourth-order valence-corrected chi connectivity index (χ4v) is 1.47. The van der Waals surface area contributed by atoms with Gasteiger partial charge in [0.1, 0.15) is 5.75 Å². The lowest BCUT2D eigenvalue weighted by Gasteiger charge is -2.07. The zero-order valence-electron chi connectivity index (χ0n) is 8.79. The molecule has 0 aliphatic heterocycles. The van der Waals surface area contributed by atoms with Crippen LogP contribution in [-0.4, -0.2) is 12.0 Å². The summed E-state index contributed by atoms with van der Waals surface area (Å²) in [5.74, 6) is 0.930. The average Bonchev–Trinajstić information content (AvgIpc) is 2.21. The standard InChI is InChI=1S/C12H17ClO/c1-3-11(13)9-10-5-7-12(8-6-10)14-4-2/h5-8,11H,3-4,9H2,1-2H3. The minimum absolute atomic E-state index is 0.243. The Bertz CT molecular complexity index is 256. The number of halogens is 1. The Hall–Kier alpha value is -0.690. The second-order valence-corrected chi connectivity index (χ2v) is 3.90. The Balaban J connectivity index is 2.54. The Morgan fingerprint density at radius 3 is 2.36 bits per heavy atom. The van der Waals surface area contributed by atoms with Gasteiger partial charge in [-0.3, -0.25) is 0 Å². The fraction of sp³-hybridized carbons (Fsp3) is 0.500. The first-order valence-electron chi connectivity index (χ1n) is 5.12. The summed E-state index contributed by atoms with van der Waals surface area (Å²) in [7, 11) is 0. The molecule has 0 amide bonds. The van der Waals surface area contributed by atoms with Crippen LogP contribution in [0.15, 0.2) is 24.3 Å². The van der Waals surface area contributed by atoms with Crippen molar-refractivity contribution in [2.45, 2.75) is 32.1 Å². The maximum absolute atomic E-state index is 6.07. The van der Waals surface area contributed by atoms with E-state index in [1.165, 1.54) is 5.56 Å². The SMILES string of the molecule is CCOc1ccc(CC(Cl)CC)cc1. The monoisotopic (exact) mass is 212 g/mol. The molecule has 0 aromatic heterocycles. The van der Waals surface area contributed by atoms with Crippen LogP contribution in [0.5, 0.6) is 5.75 Å². The average molecular weight is 213 g/mol. The van der Waals surface area contributed by atoms with E-state index in [9.17, 15) is 0 Å². The minimum atomic E-state index is 0.243. The molecule has 0 bridgehead atoms. The number of benzene rings is 1. The van der Waals surface area contributed by atoms with Crippen LogP contribution in [0.2, 0.25) is 0 Å². The maximum atomic E-state index is 6.07. The van der Waals surface area contributed by atoms with Gasteiger partial charge in [0.2, 0.25) is 0 Å². The van der Waals surface area contributed by atoms with E-state index in [1.807, 2.05) is 19.1 Å². The number of ether oxygens (including phenoxy) is 1. The summed E-state index contributed by atoms with van der Waals surface area (Å²) in [5.41, 5.74) is 1.27. The molecule has 1 nitrogen and oxygen atoms in total. The molecule has 0 radical (unpaired) electrons. The van der Waals surface area contributed by atoms with Crippen molar-refractivity contribution in [2.24, 2.45) is 0 Å². The highest BCUT2D eigenvalue weighted by Gasteiger charge is 2.02.